The van der Waals surface area contributed by atoms with Crippen molar-refractivity contribution in [2.45, 2.75) is 26.2 Å². The molecule has 0 unspecified atom stereocenters. The van der Waals surface area contributed by atoms with Gasteiger partial charge in [-0.05, 0) is 11.5 Å². The minimum absolute atomic E-state index is 0.117. The largest absolute Gasteiger partial charge is 0.301 e. The lowest BCUT2D eigenvalue weighted by molar-refractivity contribution is -0.114. The third kappa shape index (κ3) is 3.37. The molecular weight excluding hydrogens is 246 g/mol. The molecule has 5 heteroatoms. The summed E-state index contributed by atoms with van der Waals surface area (Å²) in [5.41, 5.74) is 1.29. The zero-order chi connectivity index (χ0) is 13.0. The Morgan fingerprint density at radius 3 is 2.72 bits per heavy atom. The number of hydrogen-bond acceptors (Lipinski definition) is 4. The molecule has 4 nitrogen and oxygen atoms in total. The number of rotatable bonds is 4. The van der Waals surface area contributed by atoms with Crippen LogP contribution in [0.25, 0.3) is 0 Å². The number of amides is 1. The quantitative estimate of drug-likeness (QED) is 0.920. The second kappa shape index (κ2) is 5.73. The molecular formula is C13H15N3OS. The van der Waals surface area contributed by atoms with Crippen LogP contribution in [0.5, 0.6) is 0 Å². The van der Waals surface area contributed by atoms with Crippen LogP contribution in [0.2, 0.25) is 0 Å². The number of benzene rings is 1. The molecule has 1 aromatic carbocycles. The van der Waals surface area contributed by atoms with Crippen LogP contribution in [-0.2, 0) is 11.2 Å². The number of hydrogen-bond donors (Lipinski definition) is 1. The van der Waals surface area contributed by atoms with Crippen LogP contribution < -0.4 is 5.32 Å². The van der Waals surface area contributed by atoms with E-state index < -0.39 is 0 Å². The van der Waals surface area contributed by atoms with Crippen molar-refractivity contribution in [1.82, 2.24) is 10.2 Å². The molecule has 0 bridgehead atoms. The van der Waals surface area contributed by atoms with Gasteiger partial charge in [0, 0.05) is 13.3 Å². The molecule has 1 heterocycles. The average Bonchev–Trinajstić information content (AvgIpc) is 2.76. The predicted molar refractivity (Wildman–Crippen MR) is 72.8 cm³/mol. The summed E-state index contributed by atoms with van der Waals surface area (Å²) in [4.78, 5) is 10.9. The van der Waals surface area contributed by atoms with Gasteiger partial charge in [-0.25, -0.2) is 0 Å². The van der Waals surface area contributed by atoms with Gasteiger partial charge < -0.3 is 5.32 Å². The van der Waals surface area contributed by atoms with E-state index in [0.717, 1.165) is 11.4 Å². The molecule has 2 rings (SSSR count). The van der Waals surface area contributed by atoms with Gasteiger partial charge in [-0.2, -0.15) is 0 Å². The molecule has 0 saturated carbocycles. The topological polar surface area (TPSA) is 54.9 Å². The summed E-state index contributed by atoms with van der Waals surface area (Å²) in [7, 11) is 0. The summed E-state index contributed by atoms with van der Waals surface area (Å²) in [5.74, 6) is 0.276. The van der Waals surface area contributed by atoms with Gasteiger partial charge in [0.2, 0.25) is 11.0 Å². The highest BCUT2D eigenvalue weighted by atomic mass is 32.1. The van der Waals surface area contributed by atoms with Crippen molar-refractivity contribution in [3.05, 3.63) is 40.9 Å². The fourth-order valence-electron chi connectivity index (χ4n) is 1.70. The average molecular weight is 261 g/mol. The summed E-state index contributed by atoms with van der Waals surface area (Å²) in [5, 5.41) is 12.2. The molecule has 0 spiro atoms. The third-order valence-electron chi connectivity index (χ3n) is 2.60. The lowest BCUT2D eigenvalue weighted by atomic mass is 9.98. The van der Waals surface area contributed by atoms with Gasteiger partial charge in [-0.15, -0.1) is 10.2 Å². The van der Waals surface area contributed by atoms with Crippen LogP contribution in [-0.4, -0.2) is 16.1 Å². The van der Waals surface area contributed by atoms with Crippen molar-refractivity contribution in [1.29, 1.82) is 0 Å². The van der Waals surface area contributed by atoms with Gasteiger partial charge in [-0.3, -0.25) is 4.79 Å². The number of carbonyl (C=O) groups excluding carboxylic acids is 1. The van der Waals surface area contributed by atoms with Gasteiger partial charge in [0.1, 0.15) is 5.01 Å². The maximum Gasteiger partial charge on any atom is 0.223 e. The Labute approximate surface area is 110 Å². The van der Waals surface area contributed by atoms with E-state index in [1.165, 1.54) is 23.8 Å². The molecule has 2 aromatic rings. The fraction of sp³-hybridized carbons (Fsp3) is 0.308. The standard InChI is InChI=1S/C13H15N3OS/c1-9(11-6-4-3-5-7-11)8-12-15-16-13(18-12)14-10(2)17/h3-7,9H,8H2,1-2H3,(H,14,16,17)/t9-/m1/s1. The second-order valence-corrected chi connectivity index (χ2v) is 5.26. The van der Waals surface area contributed by atoms with Crippen molar-refractivity contribution in [3.8, 4) is 0 Å². The number of aromatic nitrogens is 2. The van der Waals surface area contributed by atoms with E-state index in [9.17, 15) is 4.79 Å². The Bertz CT molecular complexity index is 524. The summed E-state index contributed by atoms with van der Waals surface area (Å²) in [6.07, 6.45) is 0.835. The van der Waals surface area contributed by atoms with Gasteiger partial charge in [-0.1, -0.05) is 48.6 Å². The first-order valence-electron chi connectivity index (χ1n) is 5.80. The Morgan fingerprint density at radius 2 is 2.06 bits per heavy atom. The summed E-state index contributed by atoms with van der Waals surface area (Å²) < 4.78 is 0. The number of nitrogens with one attached hydrogen (secondary N) is 1. The van der Waals surface area contributed by atoms with Crippen LogP contribution in [0.4, 0.5) is 5.13 Å². The van der Waals surface area contributed by atoms with Gasteiger partial charge in [0.05, 0.1) is 0 Å². The van der Waals surface area contributed by atoms with E-state index in [1.807, 2.05) is 18.2 Å². The van der Waals surface area contributed by atoms with Gasteiger partial charge >= 0.3 is 0 Å². The first-order chi connectivity index (χ1) is 8.65. The normalized spacial score (nSPS) is 12.1. The van der Waals surface area contributed by atoms with Crippen LogP contribution in [0, 0.1) is 0 Å². The zero-order valence-electron chi connectivity index (χ0n) is 10.4. The first-order valence-corrected chi connectivity index (χ1v) is 6.61. The molecule has 0 aliphatic carbocycles. The smallest absolute Gasteiger partial charge is 0.223 e. The molecule has 1 amide bonds. The molecule has 0 aliphatic rings. The van der Waals surface area contributed by atoms with Gasteiger partial charge in [0.25, 0.3) is 0 Å². The number of carbonyl (C=O) groups is 1. The summed E-state index contributed by atoms with van der Waals surface area (Å²) >= 11 is 1.43. The first kappa shape index (κ1) is 12.7. The lowest BCUT2D eigenvalue weighted by Crippen LogP contribution is -2.04. The second-order valence-electron chi connectivity index (χ2n) is 4.20. The van der Waals surface area contributed by atoms with Gasteiger partial charge in [0.15, 0.2) is 0 Å². The van der Waals surface area contributed by atoms with E-state index in [-0.39, 0.29) is 5.91 Å². The molecule has 1 N–H and O–H groups in total. The molecule has 0 saturated heterocycles. The number of nitrogens with zero attached hydrogens (tertiary/aromatic N) is 2. The van der Waals surface area contributed by atoms with Crippen LogP contribution in [0.15, 0.2) is 30.3 Å². The molecule has 0 fully saturated rings. The van der Waals surface area contributed by atoms with Crippen LogP contribution in [0.1, 0.15) is 30.3 Å². The molecule has 1 aromatic heterocycles. The van der Waals surface area contributed by atoms with Crippen LogP contribution in [0.3, 0.4) is 0 Å². The van der Waals surface area contributed by atoms with E-state index in [4.69, 9.17) is 0 Å². The van der Waals surface area contributed by atoms with E-state index >= 15 is 0 Å². The molecule has 0 radical (unpaired) electrons. The minimum atomic E-state index is -0.117. The van der Waals surface area contributed by atoms with E-state index in [1.54, 1.807) is 0 Å². The predicted octanol–water partition coefficient (Wildman–Crippen LogP) is 2.84. The Kier molecular flexibility index (Phi) is 4.04. The third-order valence-corrected chi connectivity index (χ3v) is 3.46. The molecule has 94 valence electrons. The van der Waals surface area contributed by atoms with E-state index in [2.05, 4.69) is 34.6 Å². The van der Waals surface area contributed by atoms with Crippen molar-refractivity contribution in [3.63, 3.8) is 0 Å². The maximum atomic E-state index is 10.9. The Balaban J connectivity index is 2.01. The Morgan fingerprint density at radius 1 is 1.33 bits per heavy atom. The monoisotopic (exact) mass is 261 g/mol. The van der Waals surface area contributed by atoms with Crippen molar-refractivity contribution < 1.29 is 4.79 Å². The van der Waals surface area contributed by atoms with Crippen molar-refractivity contribution in [2.75, 3.05) is 5.32 Å². The van der Waals surface area contributed by atoms with E-state index in [0.29, 0.717) is 11.0 Å². The summed E-state index contributed by atoms with van der Waals surface area (Å²) in [6.45, 7) is 3.63. The maximum absolute atomic E-state index is 10.9. The summed E-state index contributed by atoms with van der Waals surface area (Å²) in [6, 6.07) is 10.3. The highest BCUT2D eigenvalue weighted by Crippen LogP contribution is 2.23. The minimum Gasteiger partial charge on any atom is -0.301 e. The SMILES string of the molecule is CC(=O)Nc1nnc(C[C@@H](C)c2ccccc2)s1. The molecule has 1 atom stereocenters. The van der Waals surface area contributed by atoms with Crippen molar-refractivity contribution in [2.24, 2.45) is 0 Å². The fourth-order valence-corrected chi connectivity index (χ4v) is 2.61. The molecule has 0 aliphatic heterocycles. The highest BCUT2D eigenvalue weighted by molar-refractivity contribution is 7.15. The lowest BCUT2D eigenvalue weighted by Gasteiger charge is -2.08. The van der Waals surface area contributed by atoms with Crippen LogP contribution >= 0.6 is 11.3 Å². The number of anilines is 1. The Hall–Kier alpha value is -1.75. The zero-order valence-corrected chi connectivity index (χ0v) is 11.2. The van der Waals surface area contributed by atoms with Crippen molar-refractivity contribution >= 4 is 22.4 Å². The highest BCUT2D eigenvalue weighted by Gasteiger charge is 2.11. The molecule has 18 heavy (non-hydrogen) atoms.